The molecule has 1 heterocycles. The summed E-state index contributed by atoms with van der Waals surface area (Å²) in [5.41, 5.74) is 4.78. The van der Waals surface area contributed by atoms with Crippen LogP contribution in [0.2, 0.25) is 5.02 Å². The summed E-state index contributed by atoms with van der Waals surface area (Å²) in [7, 11) is 1.66. The number of rotatable bonds is 2. The SMILES string of the molecule is COc1c(C)cc(N2C(=O)[C@H](C)c3cc(Cl)ccc32)cc1C. The van der Waals surface area contributed by atoms with Crippen LogP contribution in [0.3, 0.4) is 0 Å². The van der Waals surface area contributed by atoms with Crippen LogP contribution in [0.25, 0.3) is 0 Å². The first-order valence-electron chi connectivity index (χ1n) is 7.22. The van der Waals surface area contributed by atoms with Crippen LogP contribution in [0.1, 0.15) is 29.5 Å². The fraction of sp³-hybridized carbons (Fsp3) is 0.278. The average Bonchev–Trinajstić information content (AvgIpc) is 2.71. The van der Waals surface area contributed by atoms with Crippen LogP contribution in [0.5, 0.6) is 5.75 Å². The van der Waals surface area contributed by atoms with Crippen molar-refractivity contribution in [3.05, 3.63) is 52.0 Å². The van der Waals surface area contributed by atoms with Gasteiger partial charge in [0.05, 0.1) is 18.7 Å². The van der Waals surface area contributed by atoms with Gasteiger partial charge < -0.3 is 4.74 Å². The summed E-state index contributed by atoms with van der Waals surface area (Å²) in [6.07, 6.45) is 0. The predicted molar refractivity (Wildman–Crippen MR) is 89.5 cm³/mol. The Labute approximate surface area is 135 Å². The molecule has 0 aliphatic carbocycles. The van der Waals surface area contributed by atoms with Crippen LogP contribution in [0, 0.1) is 13.8 Å². The molecule has 0 fully saturated rings. The molecule has 4 heteroatoms. The van der Waals surface area contributed by atoms with E-state index in [1.807, 2.05) is 51.1 Å². The van der Waals surface area contributed by atoms with Crippen molar-refractivity contribution in [1.29, 1.82) is 0 Å². The molecule has 0 saturated heterocycles. The summed E-state index contributed by atoms with van der Waals surface area (Å²) < 4.78 is 5.41. The van der Waals surface area contributed by atoms with Gasteiger partial charge in [-0.1, -0.05) is 11.6 Å². The molecule has 0 bridgehead atoms. The van der Waals surface area contributed by atoms with Crippen molar-refractivity contribution in [2.45, 2.75) is 26.7 Å². The summed E-state index contributed by atoms with van der Waals surface area (Å²) in [6.45, 7) is 5.89. The third-order valence-corrected chi connectivity index (χ3v) is 4.43. The number of fused-ring (bicyclic) bond motifs is 1. The van der Waals surface area contributed by atoms with E-state index in [0.717, 1.165) is 33.8 Å². The van der Waals surface area contributed by atoms with Crippen molar-refractivity contribution < 1.29 is 9.53 Å². The molecule has 1 atom stereocenters. The van der Waals surface area contributed by atoms with Crippen LogP contribution in [0.4, 0.5) is 11.4 Å². The lowest BCUT2D eigenvalue weighted by molar-refractivity contribution is -0.118. The minimum absolute atomic E-state index is 0.0706. The number of methoxy groups -OCH3 is 1. The number of ether oxygens (including phenoxy) is 1. The quantitative estimate of drug-likeness (QED) is 0.800. The van der Waals surface area contributed by atoms with Crippen molar-refractivity contribution in [2.75, 3.05) is 12.0 Å². The zero-order valence-corrected chi connectivity index (χ0v) is 13.9. The average molecular weight is 316 g/mol. The molecular weight excluding hydrogens is 298 g/mol. The van der Waals surface area contributed by atoms with E-state index in [9.17, 15) is 4.79 Å². The normalized spacial score (nSPS) is 16.9. The second-order valence-corrected chi connectivity index (χ2v) is 6.15. The van der Waals surface area contributed by atoms with Crippen LogP contribution >= 0.6 is 11.6 Å². The third kappa shape index (κ3) is 2.17. The molecule has 3 rings (SSSR count). The van der Waals surface area contributed by atoms with Crippen LogP contribution < -0.4 is 9.64 Å². The highest BCUT2D eigenvalue weighted by atomic mass is 35.5. The summed E-state index contributed by atoms with van der Waals surface area (Å²) in [5.74, 6) is 0.748. The van der Waals surface area contributed by atoms with E-state index < -0.39 is 0 Å². The summed E-state index contributed by atoms with van der Waals surface area (Å²) in [6, 6.07) is 9.58. The molecular formula is C18H18ClNO2. The number of anilines is 2. The van der Waals surface area contributed by atoms with Crippen molar-refractivity contribution >= 4 is 28.9 Å². The third-order valence-electron chi connectivity index (χ3n) is 4.20. The summed E-state index contributed by atoms with van der Waals surface area (Å²) in [4.78, 5) is 14.5. The van der Waals surface area contributed by atoms with Crippen molar-refractivity contribution in [3.8, 4) is 5.75 Å². The van der Waals surface area contributed by atoms with Crippen LogP contribution in [0.15, 0.2) is 30.3 Å². The zero-order chi connectivity index (χ0) is 16.0. The maximum atomic E-state index is 12.7. The van der Waals surface area contributed by atoms with Gasteiger partial charge in [0.1, 0.15) is 5.75 Å². The minimum Gasteiger partial charge on any atom is -0.496 e. The Kier molecular flexibility index (Phi) is 3.61. The maximum absolute atomic E-state index is 12.7. The first-order chi connectivity index (χ1) is 10.4. The Hall–Kier alpha value is -2.00. The number of carbonyl (C=O) groups excluding carboxylic acids is 1. The fourth-order valence-corrected chi connectivity index (χ4v) is 3.35. The summed E-state index contributed by atoms with van der Waals surface area (Å²) >= 11 is 6.07. The molecule has 3 nitrogen and oxygen atoms in total. The van der Waals surface area contributed by atoms with Gasteiger partial charge >= 0.3 is 0 Å². The summed E-state index contributed by atoms with van der Waals surface area (Å²) in [5, 5.41) is 0.655. The smallest absolute Gasteiger partial charge is 0.238 e. The molecule has 0 aromatic heterocycles. The Balaban J connectivity index is 2.16. The lowest BCUT2D eigenvalue weighted by Crippen LogP contribution is -2.22. The van der Waals surface area contributed by atoms with Crippen LogP contribution in [-0.4, -0.2) is 13.0 Å². The number of carbonyl (C=O) groups is 1. The molecule has 0 unspecified atom stereocenters. The van der Waals surface area contributed by atoms with E-state index in [1.165, 1.54) is 0 Å². The fourth-order valence-electron chi connectivity index (χ4n) is 3.17. The molecule has 0 N–H and O–H groups in total. The highest BCUT2D eigenvalue weighted by Gasteiger charge is 2.35. The molecule has 1 amide bonds. The topological polar surface area (TPSA) is 29.5 Å². The Morgan fingerprint density at radius 2 is 1.77 bits per heavy atom. The van der Waals surface area contributed by atoms with E-state index in [4.69, 9.17) is 16.3 Å². The number of aryl methyl sites for hydroxylation is 2. The second kappa shape index (κ2) is 5.33. The van der Waals surface area contributed by atoms with Gasteiger partial charge in [-0.2, -0.15) is 0 Å². The van der Waals surface area contributed by atoms with E-state index in [-0.39, 0.29) is 11.8 Å². The minimum atomic E-state index is -0.184. The molecule has 2 aromatic carbocycles. The molecule has 2 aromatic rings. The van der Waals surface area contributed by atoms with Gasteiger partial charge in [-0.25, -0.2) is 0 Å². The van der Waals surface area contributed by atoms with E-state index in [1.54, 1.807) is 12.0 Å². The number of amides is 1. The van der Waals surface area contributed by atoms with Crippen molar-refractivity contribution in [3.63, 3.8) is 0 Å². The van der Waals surface area contributed by atoms with Gasteiger partial charge in [0.15, 0.2) is 0 Å². The predicted octanol–water partition coefficient (Wildman–Crippen LogP) is 4.75. The Morgan fingerprint density at radius 1 is 1.14 bits per heavy atom. The molecule has 22 heavy (non-hydrogen) atoms. The van der Waals surface area contributed by atoms with Crippen molar-refractivity contribution in [1.82, 2.24) is 0 Å². The number of halogens is 1. The molecule has 1 aliphatic heterocycles. The monoisotopic (exact) mass is 315 g/mol. The highest BCUT2D eigenvalue weighted by Crippen LogP contribution is 2.44. The zero-order valence-electron chi connectivity index (χ0n) is 13.1. The van der Waals surface area contributed by atoms with Gasteiger partial charge in [-0.05, 0) is 67.8 Å². The Morgan fingerprint density at radius 3 is 2.36 bits per heavy atom. The van der Waals surface area contributed by atoms with Gasteiger partial charge in [0.25, 0.3) is 0 Å². The standard InChI is InChI=1S/C18H18ClNO2/c1-10-7-14(8-11(2)17(10)22-4)20-16-6-5-13(19)9-15(16)12(3)18(20)21/h5-9,12H,1-4H3/t12-/m1/s1. The number of nitrogens with zero attached hydrogens (tertiary/aromatic N) is 1. The van der Waals surface area contributed by atoms with E-state index >= 15 is 0 Å². The first-order valence-corrected chi connectivity index (χ1v) is 7.60. The molecule has 0 saturated carbocycles. The lowest BCUT2D eigenvalue weighted by atomic mass is 10.0. The Bertz CT molecular complexity index is 747. The molecule has 114 valence electrons. The highest BCUT2D eigenvalue weighted by molar-refractivity contribution is 6.31. The number of hydrogen-bond acceptors (Lipinski definition) is 2. The second-order valence-electron chi connectivity index (χ2n) is 5.71. The largest absolute Gasteiger partial charge is 0.496 e. The van der Waals surface area contributed by atoms with Gasteiger partial charge in [-0.15, -0.1) is 0 Å². The maximum Gasteiger partial charge on any atom is 0.238 e. The molecule has 1 aliphatic rings. The van der Waals surface area contributed by atoms with Gasteiger partial charge in [-0.3, -0.25) is 9.69 Å². The molecule has 0 spiro atoms. The van der Waals surface area contributed by atoms with E-state index in [0.29, 0.717) is 5.02 Å². The van der Waals surface area contributed by atoms with Gasteiger partial charge in [0, 0.05) is 10.7 Å². The lowest BCUT2D eigenvalue weighted by Gasteiger charge is -2.20. The molecule has 0 radical (unpaired) electrons. The number of hydrogen-bond donors (Lipinski definition) is 0. The van der Waals surface area contributed by atoms with Crippen molar-refractivity contribution in [2.24, 2.45) is 0 Å². The number of benzene rings is 2. The van der Waals surface area contributed by atoms with Crippen LogP contribution in [-0.2, 0) is 4.79 Å². The first kappa shape index (κ1) is 14.9. The van der Waals surface area contributed by atoms with E-state index in [2.05, 4.69) is 0 Å². The van der Waals surface area contributed by atoms with Gasteiger partial charge in [0.2, 0.25) is 5.91 Å².